The van der Waals surface area contributed by atoms with Crippen molar-refractivity contribution in [1.29, 1.82) is 0 Å². The second-order valence-electron chi connectivity index (χ2n) is 4.66. The fraction of sp³-hybridized carbons (Fsp3) is 0.571. The molecule has 0 spiro atoms. The predicted octanol–water partition coefficient (Wildman–Crippen LogP) is 3.04. The number of rotatable bonds is 4. The van der Waals surface area contributed by atoms with Crippen LogP contribution >= 0.6 is 0 Å². The van der Waals surface area contributed by atoms with Gasteiger partial charge >= 0.3 is 0 Å². The van der Waals surface area contributed by atoms with E-state index >= 15 is 0 Å². The monoisotopic (exact) mass is 255 g/mol. The van der Waals surface area contributed by atoms with Crippen molar-refractivity contribution in [2.24, 2.45) is 5.92 Å². The first-order valence-corrected chi connectivity index (χ1v) is 6.48. The first-order valence-electron chi connectivity index (χ1n) is 6.48. The quantitative estimate of drug-likeness (QED) is 0.893. The largest absolute Gasteiger partial charge is 0.381 e. The second kappa shape index (κ2) is 6.25. The molecule has 0 radical (unpaired) electrons. The van der Waals surface area contributed by atoms with Crippen molar-refractivity contribution in [2.75, 3.05) is 19.8 Å². The molecule has 18 heavy (non-hydrogen) atoms. The van der Waals surface area contributed by atoms with Crippen molar-refractivity contribution in [3.63, 3.8) is 0 Å². The third kappa shape index (κ3) is 3.06. The Bertz CT molecular complexity index is 391. The molecule has 1 atom stereocenters. The lowest BCUT2D eigenvalue weighted by Crippen LogP contribution is -2.32. The molecule has 1 aliphatic heterocycles. The van der Waals surface area contributed by atoms with Crippen LogP contribution in [-0.4, -0.2) is 19.8 Å². The van der Waals surface area contributed by atoms with Crippen molar-refractivity contribution in [3.05, 3.63) is 35.4 Å². The Morgan fingerprint density at radius 2 is 2.00 bits per heavy atom. The van der Waals surface area contributed by atoms with Gasteiger partial charge in [0, 0.05) is 19.3 Å². The summed E-state index contributed by atoms with van der Waals surface area (Å²) < 4.78 is 31.6. The molecule has 0 amide bonds. The maximum atomic E-state index is 13.3. The van der Waals surface area contributed by atoms with Crippen LogP contribution in [0, 0.1) is 17.6 Å². The topological polar surface area (TPSA) is 21.3 Å². The van der Waals surface area contributed by atoms with Gasteiger partial charge in [0.25, 0.3) is 0 Å². The van der Waals surface area contributed by atoms with Gasteiger partial charge in [-0.25, -0.2) is 8.78 Å². The molecule has 4 heteroatoms. The van der Waals surface area contributed by atoms with Gasteiger partial charge in [-0.05, 0) is 43.0 Å². The molecule has 2 nitrogen and oxygen atoms in total. The maximum Gasteiger partial charge on any atom is 0.159 e. The summed E-state index contributed by atoms with van der Waals surface area (Å²) in [6.45, 7) is 4.32. The number of nitrogens with one attached hydrogen (secondary N) is 1. The van der Waals surface area contributed by atoms with Crippen LogP contribution in [0.25, 0.3) is 0 Å². The lowest BCUT2D eigenvalue weighted by molar-refractivity contribution is 0.0538. The average Bonchev–Trinajstić information content (AvgIpc) is 2.40. The van der Waals surface area contributed by atoms with Crippen LogP contribution < -0.4 is 5.32 Å². The number of hydrogen-bond acceptors (Lipinski definition) is 2. The van der Waals surface area contributed by atoms with Gasteiger partial charge in [-0.2, -0.15) is 0 Å². The highest BCUT2D eigenvalue weighted by Crippen LogP contribution is 2.30. The van der Waals surface area contributed by atoms with Gasteiger partial charge < -0.3 is 10.1 Å². The zero-order valence-corrected chi connectivity index (χ0v) is 10.6. The van der Waals surface area contributed by atoms with E-state index in [4.69, 9.17) is 4.74 Å². The zero-order valence-electron chi connectivity index (χ0n) is 10.6. The molecule has 0 aliphatic carbocycles. The molecule has 0 bridgehead atoms. The van der Waals surface area contributed by atoms with E-state index in [2.05, 4.69) is 5.32 Å². The zero-order chi connectivity index (χ0) is 13.0. The van der Waals surface area contributed by atoms with Gasteiger partial charge in [0.1, 0.15) is 0 Å². The minimum absolute atomic E-state index is 0.0778. The summed E-state index contributed by atoms with van der Waals surface area (Å²) in [5.74, 6) is -1.15. The van der Waals surface area contributed by atoms with Crippen molar-refractivity contribution in [1.82, 2.24) is 5.32 Å². The fourth-order valence-electron chi connectivity index (χ4n) is 2.53. The highest BCUT2D eigenvalue weighted by Gasteiger charge is 2.25. The van der Waals surface area contributed by atoms with Crippen LogP contribution in [0.2, 0.25) is 0 Å². The summed E-state index contributed by atoms with van der Waals surface area (Å²) in [5, 5.41) is 3.37. The Morgan fingerprint density at radius 1 is 1.28 bits per heavy atom. The van der Waals surface area contributed by atoms with Crippen molar-refractivity contribution in [2.45, 2.75) is 25.8 Å². The first kappa shape index (κ1) is 13.4. The van der Waals surface area contributed by atoms with Gasteiger partial charge in [0.2, 0.25) is 0 Å². The van der Waals surface area contributed by atoms with Crippen LogP contribution in [0.5, 0.6) is 0 Å². The Kier molecular flexibility index (Phi) is 4.66. The molecular formula is C14H19F2NO. The summed E-state index contributed by atoms with van der Waals surface area (Å²) in [6, 6.07) is 4.25. The number of hydrogen-bond donors (Lipinski definition) is 1. The molecule has 100 valence electrons. The Morgan fingerprint density at radius 3 is 2.61 bits per heavy atom. The molecule has 1 unspecified atom stereocenters. The molecule has 1 fully saturated rings. The minimum Gasteiger partial charge on any atom is -0.381 e. The van der Waals surface area contributed by atoms with E-state index < -0.39 is 11.6 Å². The SMILES string of the molecule is CCNC(c1ccc(F)c(F)c1)C1CCOCC1. The van der Waals surface area contributed by atoms with Crippen LogP contribution in [-0.2, 0) is 4.74 Å². The van der Waals surface area contributed by atoms with Gasteiger partial charge in [-0.3, -0.25) is 0 Å². The Balaban J connectivity index is 2.19. The molecule has 2 rings (SSSR count). The lowest BCUT2D eigenvalue weighted by Gasteiger charge is -2.31. The van der Waals surface area contributed by atoms with E-state index in [9.17, 15) is 8.78 Å². The highest BCUT2D eigenvalue weighted by molar-refractivity contribution is 5.22. The summed E-state index contributed by atoms with van der Waals surface area (Å²) >= 11 is 0. The molecule has 1 heterocycles. The average molecular weight is 255 g/mol. The predicted molar refractivity (Wildman–Crippen MR) is 66.3 cm³/mol. The Labute approximate surface area is 106 Å². The van der Waals surface area contributed by atoms with Crippen molar-refractivity contribution < 1.29 is 13.5 Å². The molecule has 1 aromatic carbocycles. The molecular weight excluding hydrogens is 236 g/mol. The van der Waals surface area contributed by atoms with Crippen LogP contribution in [0.3, 0.4) is 0 Å². The number of benzene rings is 1. The van der Waals surface area contributed by atoms with Crippen molar-refractivity contribution in [3.8, 4) is 0 Å². The third-order valence-corrected chi connectivity index (χ3v) is 3.46. The molecule has 0 aromatic heterocycles. The first-order chi connectivity index (χ1) is 8.72. The smallest absolute Gasteiger partial charge is 0.159 e. The standard InChI is InChI=1S/C14H19F2NO/c1-2-17-14(10-5-7-18-8-6-10)11-3-4-12(15)13(16)9-11/h3-4,9-10,14,17H,2,5-8H2,1H3. The molecule has 1 saturated heterocycles. The lowest BCUT2D eigenvalue weighted by atomic mass is 9.87. The van der Waals surface area contributed by atoms with Crippen LogP contribution in [0.1, 0.15) is 31.4 Å². The van der Waals surface area contributed by atoms with Gasteiger partial charge in [-0.1, -0.05) is 13.0 Å². The summed E-state index contributed by atoms with van der Waals surface area (Å²) in [5.41, 5.74) is 0.822. The van der Waals surface area contributed by atoms with E-state index in [1.165, 1.54) is 12.1 Å². The maximum absolute atomic E-state index is 13.3. The normalized spacial score (nSPS) is 18.8. The molecule has 1 aromatic rings. The molecule has 1 aliphatic rings. The second-order valence-corrected chi connectivity index (χ2v) is 4.66. The van der Waals surface area contributed by atoms with Crippen molar-refractivity contribution >= 4 is 0 Å². The molecule has 1 N–H and O–H groups in total. The van der Waals surface area contributed by atoms with E-state index in [0.29, 0.717) is 5.92 Å². The Hall–Kier alpha value is -1.00. The van der Waals surface area contributed by atoms with Crippen LogP contribution in [0.15, 0.2) is 18.2 Å². The van der Waals surface area contributed by atoms with E-state index in [1.807, 2.05) is 6.92 Å². The summed E-state index contributed by atoms with van der Waals surface area (Å²) in [6.07, 6.45) is 1.91. The van der Waals surface area contributed by atoms with Crippen LogP contribution in [0.4, 0.5) is 8.78 Å². The van der Waals surface area contributed by atoms with E-state index in [-0.39, 0.29) is 6.04 Å². The van der Waals surface area contributed by atoms with E-state index in [1.54, 1.807) is 6.07 Å². The third-order valence-electron chi connectivity index (χ3n) is 3.46. The summed E-state index contributed by atoms with van der Waals surface area (Å²) in [4.78, 5) is 0. The number of halogens is 2. The highest BCUT2D eigenvalue weighted by atomic mass is 19.2. The fourth-order valence-corrected chi connectivity index (χ4v) is 2.53. The minimum atomic E-state index is -0.791. The van der Waals surface area contributed by atoms with Gasteiger partial charge in [-0.15, -0.1) is 0 Å². The van der Waals surface area contributed by atoms with Gasteiger partial charge in [0.05, 0.1) is 0 Å². The summed E-state index contributed by atoms with van der Waals surface area (Å²) in [7, 11) is 0. The van der Waals surface area contributed by atoms with Gasteiger partial charge in [0.15, 0.2) is 11.6 Å². The number of ether oxygens (including phenoxy) is 1. The van der Waals surface area contributed by atoms with E-state index in [0.717, 1.165) is 38.2 Å². The molecule has 0 saturated carbocycles.